The molecule has 2 N–H and O–H groups in total. The van der Waals surface area contributed by atoms with Gasteiger partial charge in [-0.3, -0.25) is 4.79 Å². The van der Waals surface area contributed by atoms with Gasteiger partial charge in [0.25, 0.3) is 0 Å². The predicted octanol–water partition coefficient (Wildman–Crippen LogP) is 5.64. The summed E-state index contributed by atoms with van der Waals surface area (Å²) in [7, 11) is 2.07. The molecule has 3 aromatic rings. The highest BCUT2D eigenvalue weighted by Gasteiger charge is 2.30. The van der Waals surface area contributed by atoms with E-state index in [9.17, 15) is 9.18 Å². The average Bonchev–Trinajstić information content (AvgIpc) is 3.16. The molecule has 174 valence electrons. The van der Waals surface area contributed by atoms with Crippen LogP contribution in [-0.4, -0.2) is 40.9 Å². The van der Waals surface area contributed by atoms with E-state index in [4.69, 9.17) is 23.2 Å². The second kappa shape index (κ2) is 9.59. The van der Waals surface area contributed by atoms with Crippen molar-refractivity contribution in [3.8, 4) is 11.8 Å². The zero-order chi connectivity index (χ0) is 24.5. The van der Waals surface area contributed by atoms with Gasteiger partial charge in [-0.25, -0.2) is 14.4 Å². The second-order valence-electron chi connectivity index (χ2n) is 8.48. The number of carbonyl (C=O) groups is 1. The smallest absolute Gasteiger partial charge is 0.247 e. The van der Waals surface area contributed by atoms with Gasteiger partial charge in [0.2, 0.25) is 5.91 Å². The molecular formula is C25H22Cl2FN5O. The average molecular weight is 498 g/mol. The number of rotatable bonds is 4. The summed E-state index contributed by atoms with van der Waals surface area (Å²) >= 11 is 11.8. The van der Waals surface area contributed by atoms with Crippen molar-refractivity contribution in [3.05, 3.63) is 64.7 Å². The summed E-state index contributed by atoms with van der Waals surface area (Å²) in [6, 6.07) is 6.45. The molecule has 34 heavy (non-hydrogen) atoms. The maximum atomic E-state index is 14.6. The molecule has 0 aliphatic carbocycles. The third kappa shape index (κ3) is 5.00. The number of anilines is 3. The molecule has 1 aliphatic rings. The van der Waals surface area contributed by atoms with Crippen LogP contribution < -0.4 is 10.6 Å². The summed E-state index contributed by atoms with van der Waals surface area (Å²) in [5.41, 5.74) is 1.63. The lowest BCUT2D eigenvalue weighted by Gasteiger charge is -2.16. The van der Waals surface area contributed by atoms with Crippen LogP contribution in [-0.2, 0) is 4.79 Å². The van der Waals surface area contributed by atoms with Crippen LogP contribution in [0.1, 0.15) is 18.9 Å². The Morgan fingerprint density at radius 2 is 2.09 bits per heavy atom. The number of hydrogen-bond donors (Lipinski definition) is 2. The van der Waals surface area contributed by atoms with Gasteiger partial charge in [0.1, 0.15) is 12.1 Å². The standard InChI is InChI=1S/C25H22Cl2FN5O/c1-4-21(34)31-19-12-16-20(11-15(19)7-8-25(2)9-10-33(3)13-25)29-14-30-24(16)32-18-6-5-17(26)22(27)23(18)28/h4-6,11-12,14H,1,9-10,13H2,2-3H3,(H,31,34)(H,29,30,32). The first-order valence-electron chi connectivity index (χ1n) is 10.5. The van der Waals surface area contributed by atoms with Crippen LogP contribution in [0.2, 0.25) is 10.0 Å². The Bertz CT molecular complexity index is 1370. The molecule has 2 aromatic carbocycles. The van der Waals surface area contributed by atoms with E-state index in [1.807, 2.05) is 0 Å². The van der Waals surface area contributed by atoms with Crippen molar-refractivity contribution in [2.24, 2.45) is 5.41 Å². The van der Waals surface area contributed by atoms with Crippen LogP contribution in [0.3, 0.4) is 0 Å². The van der Waals surface area contributed by atoms with Crippen molar-refractivity contribution in [1.82, 2.24) is 14.9 Å². The van der Waals surface area contributed by atoms with Crippen molar-refractivity contribution in [2.75, 3.05) is 30.8 Å². The maximum Gasteiger partial charge on any atom is 0.247 e. The van der Waals surface area contributed by atoms with Crippen molar-refractivity contribution < 1.29 is 9.18 Å². The Balaban J connectivity index is 1.79. The lowest BCUT2D eigenvalue weighted by molar-refractivity contribution is -0.111. The molecule has 2 heterocycles. The molecule has 1 fully saturated rings. The zero-order valence-corrected chi connectivity index (χ0v) is 20.2. The maximum absolute atomic E-state index is 14.6. The molecule has 1 amide bonds. The SMILES string of the molecule is C=CC(=O)Nc1cc2c(Nc3ccc(Cl)c(Cl)c3F)ncnc2cc1C#CC1(C)CCN(C)C1. The summed E-state index contributed by atoms with van der Waals surface area (Å²) in [4.78, 5) is 23.0. The van der Waals surface area contributed by atoms with Gasteiger partial charge in [-0.05, 0) is 57.3 Å². The fourth-order valence-corrected chi connectivity index (χ4v) is 4.17. The number of benzene rings is 2. The Kier molecular flexibility index (Phi) is 6.76. The van der Waals surface area contributed by atoms with Gasteiger partial charge >= 0.3 is 0 Å². The van der Waals surface area contributed by atoms with E-state index in [0.29, 0.717) is 28.0 Å². The number of nitrogens with zero attached hydrogens (tertiary/aromatic N) is 3. The number of amides is 1. The van der Waals surface area contributed by atoms with Gasteiger partial charge in [-0.2, -0.15) is 0 Å². The molecule has 1 unspecified atom stereocenters. The van der Waals surface area contributed by atoms with E-state index in [2.05, 4.69) is 57.9 Å². The zero-order valence-electron chi connectivity index (χ0n) is 18.7. The number of likely N-dealkylation sites (tertiary alicyclic amines) is 1. The third-order valence-corrected chi connectivity index (χ3v) is 6.45. The van der Waals surface area contributed by atoms with Gasteiger partial charge < -0.3 is 15.5 Å². The summed E-state index contributed by atoms with van der Waals surface area (Å²) in [5, 5.41) is 6.22. The molecule has 0 spiro atoms. The first kappa shape index (κ1) is 24.0. The van der Waals surface area contributed by atoms with E-state index in [0.717, 1.165) is 19.5 Å². The molecular weight excluding hydrogens is 476 g/mol. The van der Waals surface area contributed by atoms with Crippen LogP contribution in [0.4, 0.5) is 21.6 Å². The van der Waals surface area contributed by atoms with Crippen LogP contribution in [0.15, 0.2) is 43.2 Å². The van der Waals surface area contributed by atoms with Crippen LogP contribution in [0.25, 0.3) is 10.9 Å². The summed E-state index contributed by atoms with van der Waals surface area (Å²) in [6.07, 6.45) is 3.51. The predicted molar refractivity (Wildman–Crippen MR) is 135 cm³/mol. The van der Waals surface area contributed by atoms with E-state index < -0.39 is 5.82 Å². The minimum absolute atomic E-state index is 0.105. The first-order valence-corrected chi connectivity index (χ1v) is 11.3. The summed E-state index contributed by atoms with van der Waals surface area (Å²) < 4.78 is 14.6. The lowest BCUT2D eigenvalue weighted by atomic mass is 9.90. The lowest BCUT2D eigenvalue weighted by Crippen LogP contribution is -2.20. The second-order valence-corrected chi connectivity index (χ2v) is 9.26. The van der Waals surface area contributed by atoms with E-state index in [1.54, 1.807) is 12.1 Å². The van der Waals surface area contributed by atoms with E-state index in [-0.39, 0.29) is 27.1 Å². The van der Waals surface area contributed by atoms with Gasteiger partial charge in [-0.1, -0.05) is 41.6 Å². The number of carbonyl (C=O) groups excluding carboxylic acids is 1. The fraction of sp³-hybridized carbons (Fsp3) is 0.240. The molecule has 0 saturated carbocycles. The Hall–Kier alpha value is -3.18. The topological polar surface area (TPSA) is 70.1 Å². The molecule has 0 radical (unpaired) electrons. The number of hydrogen-bond acceptors (Lipinski definition) is 5. The Morgan fingerprint density at radius 1 is 1.29 bits per heavy atom. The number of aromatic nitrogens is 2. The van der Waals surface area contributed by atoms with E-state index in [1.165, 1.54) is 24.5 Å². The minimum atomic E-state index is -0.696. The van der Waals surface area contributed by atoms with Gasteiger partial charge in [-0.15, -0.1) is 0 Å². The summed E-state index contributed by atoms with van der Waals surface area (Å²) in [6.45, 7) is 7.50. The molecule has 0 bridgehead atoms. The van der Waals surface area contributed by atoms with Crippen LogP contribution in [0, 0.1) is 23.1 Å². The fourth-order valence-electron chi connectivity index (χ4n) is 3.86. The quantitative estimate of drug-likeness (QED) is 0.277. The molecule has 4 rings (SSSR count). The molecule has 1 atom stereocenters. The number of fused-ring (bicyclic) bond motifs is 1. The Labute approximate surface area is 207 Å². The minimum Gasteiger partial charge on any atom is -0.337 e. The Morgan fingerprint density at radius 3 is 2.79 bits per heavy atom. The van der Waals surface area contributed by atoms with Crippen molar-refractivity contribution in [2.45, 2.75) is 13.3 Å². The molecule has 1 aliphatic heterocycles. The van der Waals surface area contributed by atoms with Crippen LogP contribution >= 0.6 is 23.2 Å². The highest BCUT2D eigenvalue weighted by Crippen LogP contribution is 2.34. The van der Waals surface area contributed by atoms with Crippen molar-refractivity contribution in [1.29, 1.82) is 0 Å². The third-order valence-electron chi connectivity index (χ3n) is 5.67. The molecule has 9 heteroatoms. The van der Waals surface area contributed by atoms with Crippen molar-refractivity contribution in [3.63, 3.8) is 0 Å². The number of nitrogens with one attached hydrogen (secondary N) is 2. The highest BCUT2D eigenvalue weighted by molar-refractivity contribution is 6.42. The van der Waals surface area contributed by atoms with E-state index >= 15 is 0 Å². The monoisotopic (exact) mass is 497 g/mol. The first-order chi connectivity index (χ1) is 16.2. The van der Waals surface area contributed by atoms with Gasteiger partial charge in [0.15, 0.2) is 5.82 Å². The molecule has 1 aromatic heterocycles. The molecule has 1 saturated heterocycles. The largest absolute Gasteiger partial charge is 0.337 e. The van der Waals surface area contributed by atoms with Crippen molar-refractivity contribution >= 4 is 57.2 Å². The van der Waals surface area contributed by atoms with Gasteiger partial charge in [0, 0.05) is 17.3 Å². The van der Waals surface area contributed by atoms with Gasteiger partial charge in [0.05, 0.1) is 32.5 Å². The normalized spacial score (nSPS) is 17.8. The number of halogens is 3. The summed E-state index contributed by atoms with van der Waals surface area (Å²) in [5.74, 6) is 5.86. The molecule has 6 nitrogen and oxygen atoms in total. The highest BCUT2D eigenvalue weighted by atomic mass is 35.5. The van der Waals surface area contributed by atoms with Crippen LogP contribution in [0.5, 0.6) is 0 Å².